The van der Waals surface area contributed by atoms with Gasteiger partial charge in [0, 0.05) is 23.6 Å². The highest BCUT2D eigenvalue weighted by Crippen LogP contribution is 2.43. The van der Waals surface area contributed by atoms with Gasteiger partial charge in [-0.15, -0.1) is 0 Å². The van der Waals surface area contributed by atoms with Gasteiger partial charge in [-0.3, -0.25) is 0 Å². The third kappa shape index (κ3) is 2.57. The van der Waals surface area contributed by atoms with Crippen molar-refractivity contribution in [3.63, 3.8) is 0 Å². The summed E-state index contributed by atoms with van der Waals surface area (Å²) in [6, 6.07) is 9.76. The summed E-state index contributed by atoms with van der Waals surface area (Å²) in [5, 5.41) is 0.351. The lowest BCUT2D eigenvalue weighted by atomic mass is 9.93. The maximum absolute atomic E-state index is 14.0. The number of benzene rings is 2. The molecule has 110 valence electrons. The van der Waals surface area contributed by atoms with Crippen molar-refractivity contribution in [3.05, 3.63) is 58.4 Å². The lowest BCUT2D eigenvalue weighted by Crippen LogP contribution is -2.25. The van der Waals surface area contributed by atoms with Crippen molar-refractivity contribution in [2.24, 2.45) is 5.73 Å². The third-order valence-corrected chi connectivity index (χ3v) is 4.00. The second kappa shape index (κ2) is 5.54. The van der Waals surface area contributed by atoms with E-state index in [1.165, 1.54) is 6.07 Å². The molecular weight excluding hydrogens is 293 g/mol. The lowest BCUT2D eigenvalue weighted by molar-refractivity contribution is 0.157. The van der Waals surface area contributed by atoms with Crippen LogP contribution in [0.4, 0.5) is 4.39 Å². The Labute approximate surface area is 127 Å². The van der Waals surface area contributed by atoms with E-state index in [0.717, 1.165) is 11.3 Å². The molecule has 0 aliphatic carbocycles. The van der Waals surface area contributed by atoms with Gasteiger partial charge >= 0.3 is 0 Å². The van der Waals surface area contributed by atoms with E-state index in [1.807, 2.05) is 6.07 Å². The molecule has 3 nitrogen and oxygen atoms in total. The molecule has 2 unspecified atom stereocenters. The van der Waals surface area contributed by atoms with Gasteiger partial charge in [0.15, 0.2) is 0 Å². The van der Waals surface area contributed by atoms with Crippen LogP contribution in [0.15, 0.2) is 36.4 Å². The highest BCUT2D eigenvalue weighted by atomic mass is 35.5. The summed E-state index contributed by atoms with van der Waals surface area (Å²) >= 11 is 6.10. The van der Waals surface area contributed by atoms with Crippen LogP contribution in [0.3, 0.4) is 0 Å². The molecule has 1 aliphatic rings. The van der Waals surface area contributed by atoms with Crippen molar-refractivity contribution in [1.82, 2.24) is 0 Å². The molecule has 0 amide bonds. The van der Waals surface area contributed by atoms with Gasteiger partial charge in [0.2, 0.25) is 0 Å². The Morgan fingerprint density at radius 2 is 2.14 bits per heavy atom. The number of ether oxygens (including phenoxy) is 2. The van der Waals surface area contributed by atoms with Gasteiger partial charge < -0.3 is 15.2 Å². The van der Waals surface area contributed by atoms with E-state index >= 15 is 0 Å². The first-order valence-corrected chi connectivity index (χ1v) is 7.02. The molecule has 2 N–H and O–H groups in total. The van der Waals surface area contributed by atoms with E-state index in [-0.39, 0.29) is 11.9 Å². The summed E-state index contributed by atoms with van der Waals surface area (Å²) in [5.74, 6) is 0.978. The monoisotopic (exact) mass is 307 g/mol. The van der Waals surface area contributed by atoms with Crippen LogP contribution in [-0.4, -0.2) is 7.11 Å². The summed E-state index contributed by atoms with van der Waals surface area (Å²) < 4.78 is 25.1. The number of methoxy groups -OCH3 is 1. The van der Waals surface area contributed by atoms with Crippen molar-refractivity contribution in [2.75, 3.05) is 7.11 Å². The molecule has 0 fully saturated rings. The molecule has 2 aromatic carbocycles. The molecule has 0 spiro atoms. The normalized spacial score (nSPS) is 20.6. The van der Waals surface area contributed by atoms with Crippen LogP contribution in [-0.2, 0) is 0 Å². The van der Waals surface area contributed by atoms with Crippen molar-refractivity contribution < 1.29 is 13.9 Å². The summed E-state index contributed by atoms with van der Waals surface area (Å²) in [7, 11) is 1.60. The Kier molecular flexibility index (Phi) is 3.74. The molecule has 5 heteroatoms. The van der Waals surface area contributed by atoms with Gasteiger partial charge in [-0.1, -0.05) is 17.7 Å². The van der Waals surface area contributed by atoms with Gasteiger partial charge in [0.05, 0.1) is 12.1 Å². The largest absolute Gasteiger partial charge is 0.497 e. The van der Waals surface area contributed by atoms with Crippen molar-refractivity contribution in [1.29, 1.82) is 0 Å². The van der Waals surface area contributed by atoms with E-state index in [4.69, 9.17) is 26.8 Å². The molecule has 1 heterocycles. The van der Waals surface area contributed by atoms with Crippen molar-refractivity contribution in [3.8, 4) is 11.5 Å². The lowest BCUT2D eigenvalue weighted by Gasteiger charge is -2.31. The number of rotatable bonds is 2. The maximum atomic E-state index is 14.0. The fraction of sp³-hybridized carbons (Fsp3) is 0.250. The van der Waals surface area contributed by atoms with Gasteiger partial charge in [-0.2, -0.15) is 0 Å². The summed E-state index contributed by atoms with van der Waals surface area (Å²) in [6.07, 6.45) is -0.0320. The number of fused-ring (bicyclic) bond motifs is 1. The number of hydrogen-bond donors (Lipinski definition) is 1. The van der Waals surface area contributed by atoms with Crippen LogP contribution in [0, 0.1) is 5.82 Å². The van der Waals surface area contributed by atoms with Crippen LogP contribution >= 0.6 is 11.6 Å². The molecule has 0 saturated carbocycles. The van der Waals surface area contributed by atoms with E-state index in [0.29, 0.717) is 22.8 Å². The number of halogens is 2. The molecule has 2 atom stereocenters. The fourth-order valence-corrected chi connectivity index (χ4v) is 2.89. The summed E-state index contributed by atoms with van der Waals surface area (Å²) in [4.78, 5) is 0. The van der Waals surface area contributed by atoms with Crippen molar-refractivity contribution in [2.45, 2.75) is 18.6 Å². The first kappa shape index (κ1) is 14.2. The minimum absolute atomic E-state index is 0.260. The summed E-state index contributed by atoms with van der Waals surface area (Å²) in [6.45, 7) is 0. The molecule has 21 heavy (non-hydrogen) atoms. The Morgan fingerprint density at radius 3 is 2.86 bits per heavy atom. The molecule has 0 bridgehead atoms. The number of nitrogens with two attached hydrogens (primary N) is 1. The highest BCUT2D eigenvalue weighted by Gasteiger charge is 2.30. The second-order valence-corrected chi connectivity index (χ2v) is 5.39. The Bertz CT molecular complexity index is 657. The zero-order chi connectivity index (χ0) is 15.0. The van der Waals surface area contributed by atoms with Gasteiger partial charge in [-0.25, -0.2) is 4.39 Å². The Hall–Kier alpha value is -1.78. The van der Waals surface area contributed by atoms with Crippen LogP contribution in [0.2, 0.25) is 5.02 Å². The zero-order valence-corrected chi connectivity index (χ0v) is 12.2. The van der Waals surface area contributed by atoms with Gasteiger partial charge in [0.1, 0.15) is 23.4 Å². The Balaban J connectivity index is 1.99. The molecule has 0 radical (unpaired) electrons. The first-order valence-electron chi connectivity index (χ1n) is 6.64. The number of hydrogen-bond acceptors (Lipinski definition) is 3. The standard InChI is InChI=1S/C16H15ClFNO2/c1-20-9-5-6-14-10(7-9)13(19)8-15(21-14)16-11(17)3-2-4-12(16)18/h2-7,13,15H,8,19H2,1H3. The molecule has 2 aromatic rings. The smallest absolute Gasteiger partial charge is 0.131 e. The average molecular weight is 308 g/mol. The van der Waals surface area contributed by atoms with Crippen LogP contribution < -0.4 is 15.2 Å². The molecule has 3 rings (SSSR count). The van der Waals surface area contributed by atoms with Crippen LogP contribution in [0.25, 0.3) is 0 Å². The second-order valence-electron chi connectivity index (χ2n) is 4.99. The van der Waals surface area contributed by atoms with E-state index < -0.39 is 6.10 Å². The molecule has 0 saturated heterocycles. The topological polar surface area (TPSA) is 44.5 Å². The first-order chi connectivity index (χ1) is 10.1. The Morgan fingerprint density at radius 1 is 1.33 bits per heavy atom. The zero-order valence-electron chi connectivity index (χ0n) is 11.5. The predicted molar refractivity (Wildman–Crippen MR) is 79.3 cm³/mol. The van der Waals surface area contributed by atoms with Gasteiger partial charge in [-0.05, 0) is 30.3 Å². The van der Waals surface area contributed by atoms with E-state index in [9.17, 15) is 4.39 Å². The van der Waals surface area contributed by atoms with Crippen LogP contribution in [0.5, 0.6) is 11.5 Å². The third-order valence-electron chi connectivity index (χ3n) is 3.68. The van der Waals surface area contributed by atoms with Crippen molar-refractivity contribution >= 4 is 11.6 Å². The SMILES string of the molecule is COc1ccc2c(c1)C(N)CC(c1c(F)cccc1Cl)O2. The summed E-state index contributed by atoms with van der Waals surface area (Å²) in [5.41, 5.74) is 7.41. The quantitative estimate of drug-likeness (QED) is 0.911. The predicted octanol–water partition coefficient (Wildman–Crippen LogP) is 4.01. The van der Waals surface area contributed by atoms with Crippen LogP contribution in [0.1, 0.15) is 29.7 Å². The fourth-order valence-electron chi connectivity index (χ4n) is 2.60. The maximum Gasteiger partial charge on any atom is 0.131 e. The minimum atomic E-state index is -0.491. The van der Waals surface area contributed by atoms with E-state index in [1.54, 1.807) is 31.4 Å². The highest BCUT2D eigenvalue weighted by molar-refractivity contribution is 6.31. The molecular formula is C16H15ClFNO2. The minimum Gasteiger partial charge on any atom is -0.497 e. The van der Waals surface area contributed by atoms with E-state index in [2.05, 4.69) is 0 Å². The molecule has 1 aliphatic heterocycles. The van der Waals surface area contributed by atoms with Gasteiger partial charge in [0.25, 0.3) is 0 Å². The molecule has 0 aromatic heterocycles. The average Bonchev–Trinajstić information content (AvgIpc) is 2.47.